The van der Waals surface area contributed by atoms with Crippen molar-refractivity contribution in [1.82, 2.24) is 0 Å². The molecule has 20 heavy (non-hydrogen) atoms. The predicted octanol–water partition coefficient (Wildman–Crippen LogP) is 0.743. The van der Waals surface area contributed by atoms with Crippen molar-refractivity contribution in [3.05, 3.63) is 17.7 Å². The van der Waals surface area contributed by atoms with Gasteiger partial charge in [-0.05, 0) is 17.7 Å². The van der Waals surface area contributed by atoms with Crippen molar-refractivity contribution in [3.63, 3.8) is 0 Å². The molecule has 0 unspecified atom stereocenters. The summed E-state index contributed by atoms with van der Waals surface area (Å²) in [6, 6.07) is 3.44. The molecule has 0 fully saturated rings. The third-order valence-electron chi connectivity index (χ3n) is 2.67. The molecule has 0 heterocycles. The van der Waals surface area contributed by atoms with Crippen LogP contribution in [0.15, 0.2) is 17.2 Å². The zero-order chi connectivity index (χ0) is 15.1. The summed E-state index contributed by atoms with van der Waals surface area (Å²) in [5.74, 6) is 6.07. The highest BCUT2D eigenvalue weighted by Crippen LogP contribution is 2.38. The van der Waals surface area contributed by atoms with Gasteiger partial charge in [0.15, 0.2) is 11.5 Å². The highest BCUT2D eigenvalue weighted by atomic mass is 16.5. The van der Waals surface area contributed by atoms with Crippen LogP contribution >= 0.6 is 0 Å². The fourth-order valence-corrected chi connectivity index (χ4v) is 1.72. The lowest BCUT2D eigenvalue weighted by Crippen LogP contribution is -2.20. The van der Waals surface area contributed by atoms with Gasteiger partial charge in [0, 0.05) is 6.42 Å². The first-order chi connectivity index (χ1) is 9.60. The van der Waals surface area contributed by atoms with Crippen LogP contribution in [0, 0.1) is 0 Å². The van der Waals surface area contributed by atoms with E-state index in [0.717, 1.165) is 5.56 Å². The minimum absolute atomic E-state index is 0.0989. The van der Waals surface area contributed by atoms with Crippen molar-refractivity contribution < 1.29 is 23.7 Å². The lowest BCUT2D eigenvalue weighted by molar-refractivity contribution is -0.132. The van der Waals surface area contributed by atoms with Gasteiger partial charge in [0.2, 0.25) is 5.75 Å². The fraction of sp³-hybridized carbons (Fsp3) is 0.385. The second-order valence-corrected chi connectivity index (χ2v) is 3.78. The first kappa shape index (κ1) is 15.6. The molecule has 0 amide bonds. The maximum atomic E-state index is 11.5. The van der Waals surface area contributed by atoms with Crippen LogP contribution in [0.4, 0.5) is 0 Å². The van der Waals surface area contributed by atoms with Gasteiger partial charge in [-0.1, -0.05) is 0 Å². The third kappa shape index (κ3) is 3.31. The summed E-state index contributed by atoms with van der Waals surface area (Å²) in [6.07, 6.45) is 0.194. The molecule has 0 radical (unpaired) electrons. The number of carbonyl (C=O) groups excluding carboxylic acids is 1. The number of carbonyl (C=O) groups is 1. The number of hydrogen-bond acceptors (Lipinski definition) is 7. The van der Waals surface area contributed by atoms with Gasteiger partial charge in [0.05, 0.1) is 28.4 Å². The smallest absolute Gasteiger partial charge is 0.354 e. The Hall–Kier alpha value is -2.44. The zero-order valence-corrected chi connectivity index (χ0v) is 11.9. The summed E-state index contributed by atoms with van der Waals surface area (Å²) in [5.41, 5.74) is 0.830. The molecule has 110 valence electrons. The Balaban J connectivity index is 3.16. The molecule has 0 spiro atoms. The zero-order valence-electron chi connectivity index (χ0n) is 11.9. The standard InChI is InChI=1S/C13H18N2O5/c1-17-10-6-8(5-9(15-14)13(16)20-4)7-11(18-2)12(10)19-3/h6-7H,5,14H2,1-4H3/b15-9+. The molecule has 1 aromatic carbocycles. The minimum atomic E-state index is -0.582. The Bertz CT molecular complexity index is 488. The van der Waals surface area contributed by atoms with Gasteiger partial charge in [0.25, 0.3) is 0 Å². The minimum Gasteiger partial charge on any atom is -0.493 e. The highest BCUT2D eigenvalue weighted by molar-refractivity contribution is 6.36. The van der Waals surface area contributed by atoms with Gasteiger partial charge in [0.1, 0.15) is 5.71 Å². The molecule has 0 saturated carbocycles. The molecule has 2 N–H and O–H groups in total. The first-order valence-electron chi connectivity index (χ1n) is 5.75. The van der Waals surface area contributed by atoms with Crippen LogP contribution in [0.2, 0.25) is 0 Å². The molecular weight excluding hydrogens is 264 g/mol. The van der Waals surface area contributed by atoms with E-state index in [1.165, 1.54) is 28.4 Å². The van der Waals surface area contributed by atoms with Gasteiger partial charge < -0.3 is 24.8 Å². The van der Waals surface area contributed by atoms with Crippen LogP contribution in [-0.4, -0.2) is 40.1 Å². The van der Waals surface area contributed by atoms with E-state index in [2.05, 4.69) is 9.84 Å². The summed E-state index contributed by atoms with van der Waals surface area (Å²) < 4.78 is 20.3. The number of nitrogens with two attached hydrogens (primary N) is 1. The van der Waals surface area contributed by atoms with E-state index < -0.39 is 5.97 Å². The van der Waals surface area contributed by atoms with E-state index in [1.54, 1.807) is 12.1 Å². The largest absolute Gasteiger partial charge is 0.493 e. The number of hydrogen-bond donors (Lipinski definition) is 1. The predicted molar refractivity (Wildman–Crippen MR) is 73.4 cm³/mol. The number of rotatable bonds is 6. The van der Waals surface area contributed by atoms with Crippen molar-refractivity contribution >= 4 is 11.7 Å². The molecular formula is C13H18N2O5. The van der Waals surface area contributed by atoms with Crippen molar-refractivity contribution in [3.8, 4) is 17.2 Å². The second-order valence-electron chi connectivity index (χ2n) is 3.78. The Morgan fingerprint density at radius 1 is 1.10 bits per heavy atom. The topological polar surface area (TPSA) is 92.4 Å². The number of ether oxygens (including phenoxy) is 4. The molecule has 0 aromatic heterocycles. The van der Waals surface area contributed by atoms with E-state index in [4.69, 9.17) is 20.1 Å². The molecule has 1 rings (SSSR count). The molecule has 7 heteroatoms. The monoisotopic (exact) mass is 282 g/mol. The number of methoxy groups -OCH3 is 4. The third-order valence-corrected chi connectivity index (χ3v) is 2.67. The lowest BCUT2D eigenvalue weighted by atomic mass is 10.1. The molecule has 1 aromatic rings. The maximum absolute atomic E-state index is 11.5. The van der Waals surface area contributed by atoms with Gasteiger partial charge in [-0.3, -0.25) is 0 Å². The van der Waals surface area contributed by atoms with E-state index in [1.807, 2.05) is 0 Å². The number of hydrazone groups is 1. The van der Waals surface area contributed by atoms with Gasteiger partial charge in [-0.2, -0.15) is 5.10 Å². The van der Waals surface area contributed by atoms with Crippen molar-refractivity contribution in [2.75, 3.05) is 28.4 Å². The summed E-state index contributed by atoms with van der Waals surface area (Å²) in [6.45, 7) is 0. The molecule has 7 nitrogen and oxygen atoms in total. The van der Waals surface area contributed by atoms with Crippen LogP contribution in [0.5, 0.6) is 17.2 Å². The van der Waals surface area contributed by atoms with E-state index >= 15 is 0 Å². The van der Waals surface area contributed by atoms with E-state index in [9.17, 15) is 4.79 Å². The van der Waals surface area contributed by atoms with Crippen LogP contribution < -0.4 is 20.1 Å². The first-order valence-corrected chi connectivity index (χ1v) is 5.75. The summed E-state index contributed by atoms with van der Waals surface area (Å²) in [7, 11) is 5.81. The molecule has 0 aliphatic carbocycles. The second kappa shape index (κ2) is 7.22. The van der Waals surface area contributed by atoms with Gasteiger partial charge in [-0.25, -0.2) is 4.79 Å². The quantitative estimate of drug-likeness (QED) is 0.358. The molecule has 0 saturated heterocycles. The molecule has 0 aliphatic rings. The number of nitrogens with zero attached hydrogens (tertiary/aromatic N) is 1. The van der Waals surface area contributed by atoms with Crippen molar-refractivity contribution in [2.24, 2.45) is 10.9 Å². The highest BCUT2D eigenvalue weighted by Gasteiger charge is 2.17. The summed E-state index contributed by atoms with van der Waals surface area (Å²) in [4.78, 5) is 11.5. The Labute approximate surface area is 117 Å². The van der Waals surface area contributed by atoms with Crippen LogP contribution in [-0.2, 0) is 16.0 Å². The average Bonchev–Trinajstić information content (AvgIpc) is 2.50. The fourth-order valence-electron chi connectivity index (χ4n) is 1.72. The SMILES string of the molecule is COC(=O)/C(Cc1cc(OC)c(OC)c(OC)c1)=N/N. The number of esters is 1. The van der Waals surface area contributed by atoms with Gasteiger partial charge in [-0.15, -0.1) is 0 Å². The number of benzene rings is 1. The van der Waals surface area contributed by atoms with Crippen LogP contribution in [0.25, 0.3) is 0 Å². The Kier molecular flexibility index (Phi) is 5.64. The van der Waals surface area contributed by atoms with E-state index in [0.29, 0.717) is 17.2 Å². The molecule has 0 atom stereocenters. The Morgan fingerprint density at radius 2 is 1.65 bits per heavy atom. The molecule has 0 bridgehead atoms. The maximum Gasteiger partial charge on any atom is 0.354 e. The van der Waals surface area contributed by atoms with E-state index in [-0.39, 0.29) is 12.1 Å². The van der Waals surface area contributed by atoms with Gasteiger partial charge >= 0.3 is 5.97 Å². The Morgan fingerprint density at radius 3 is 2.00 bits per heavy atom. The van der Waals surface area contributed by atoms with Crippen molar-refractivity contribution in [1.29, 1.82) is 0 Å². The van der Waals surface area contributed by atoms with Crippen molar-refractivity contribution in [2.45, 2.75) is 6.42 Å². The summed E-state index contributed by atoms with van der Waals surface area (Å²) in [5, 5.41) is 3.44. The van der Waals surface area contributed by atoms with Crippen LogP contribution in [0.1, 0.15) is 5.56 Å². The van der Waals surface area contributed by atoms with Crippen LogP contribution in [0.3, 0.4) is 0 Å². The summed E-state index contributed by atoms with van der Waals surface area (Å²) >= 11 is 0. The normalized spacial score (nSPS) is 10.9. The lowest BCUT2D eigenvalue weighted by Gasteiger charge is -2.14. The average molecular weight is 282 g/mol. The molecule has 0 aliphatic heterocycles.